The third-order valence-corrected chi connectivity index (χ3v) is 4.31. The summed E-state index contributed by atoms with van der Waals surface area (Å²) >= 11 is 0. The van der Waals surface area contributed by atoms with Gasteiger partial charge in [0.15, 0.2) is 0 Å². The highest BCUT2D eigenvalue weighted by Crippen LogP contribution is 2.26. The topological polar surface area (TPSA) is 18.5 Å². The molecule has 1 aliphatic rings. The third kappa shape index (κ3) is 4.17. The summed E-state index contributed by atoms with van der Waals surface area (Å²) in [7, 11) is 4.16. The lowest BCUT2D eigenvalue weighted by atomic mass is 10.1. The van der Waals surface area contributed by atoms with Crippen LogP contribution in [-0.4, -0.2) is 44.2 Å². The molecule has 1 N–H and O–H groups in total. The van der Waals surface area contributed by atoms with Gasteiger partial charge in [-0.15, -0.1) is 0 Å². The quantitative estimate of drug-likeness (QED) is 0.870. The number of rotatable bonds is 6. The molecule has 2 rings (SSSR count). The van der Waals surface area contributed by atoms with Crippen LogP contribution in [0.4, 0.5) is 10.1 Å². The largest absolute Gasteiger partial charge is 0.370 e. The Morgan fingerprint density at radius 2 is 2.19 bits per heavy atom. The molecule has 1 unspecified atom stereocenters. The second-order valence-corrected chi connectivity index (χ2v) is 6.44. The molecule has 0 bridgehead atoms. The Morgan fingerprint density at radius 1 is 1.43 bits per heavy atom. The lowest BCUT2D eigenvalue weighted by Crippen LogP contribution is -2.37. The maximum absolute atomic E-state index is 14.3. The van der Waals surface area contributed by atoms with Crippen LogP contribution in [0.3, 0.4) is 0 Å². The number of benzene rings is 1. The smallest absolute Gasteiger partial charge is 0.146 e. The number of hydrogen-bond donors (Lipinski definition) is 1. The number of likely N-dealkylation sites (tertiary alicyclic amines) is 1. The van der Waals surface area contributed by atoms with Crippen LogP contribution < -0.4 is 10.2 Å². The Bertz CT molecular complexity index is 461. The van der Waals surface area contributed by atoms with E-state index in [0.717, 1.165) is 24.3 Å². The fraction of sp³-hybridized carbons (Fsp3) is 0.647. The molecular weight excluding hydrogens is 265 g/mol. The van der Waals surface area contributed by atoms with Crippen LogP contribution in [0.15, 0.2) is 18.2 Å². The molecule has 1 aliphatic heterocycles. The predicted octanol–water partition coefficient (Wildman–Crippen LogP) is 2.85. The van der Waals surface area contributed by atoms with E-state index >= 15 is 0 Å². The van der Waals surface area contributed by atoms with Gasteiger partial charge < -0.3 is 15.1 Å². The molecule has 21 heavy (non-hydrogen) atoms. The Kier molecular flexibility index (Phi) is 5.59. The van der Waals surface area contributed by atoms with E-state index in [4.69, 9.17) is 0 Å². The Balaban J connectivity index is 2.12. The fourth-order valence-electron chi connectivity index (χ4n) is 3.06. The molecule has 1 aromatic carbocycles. The van der Waals surface area contributed by atoms with E-state index < -0.39 is 0 Å². The number of likely N-dealkylation sites (N-methyl/N-ethyl adjacent to an activating group) is 2. The normalized spacial score (nSPS) is 19.4. The van der Waals surface area contributed by atoms with E-state index in [0.29, 0.717) is 18.6 Å². The van der Waals surface area contributed by atoms with Crippen molar-refractivity contribution < 1.29 is 4.39 Å². The molecule has 1 fully saturated rings. The molecule has 1 aromatic rings. The minimum atomic E-state index is -0.124. The zero-order valence-electron chi connectivity index (χ0n) is 13.7. The van der Waals surface area contributed by atoms with Crippen molar-refractivity contribution in [3.8, 4) is 0 Å². The van der Waals surface area contributed by atoms with E-state index in [1.807, 2.05) is 13.1 Å². The summed E-state index contributed by atoms with van der Waals surface area (Å²) in [6, 6.07) is 6.30. The molecule has 1 saturated heterocycles. The molecule has 0 aliphatic carbocycles. The first-order valence-corrected chi connectivity index (χ1v) is 7.91. The third-order valence-electron chi connectivity index (χ3n) is 4.31. The molecule has 118 valence electrons. The molecule has 4 heteroatoms. The van der Waals surface area contributed by atoms with Gasteiger partial charge in [0.05, 0.1) is 5.69 Å². The minimum Gasteiger partial charge on any atom is -0.370 e. The van der Waals surface area contributed by atoms with Crippen molar-refractivity contribution >= 4 is 5.69 Å². The number of nitrogens with one attached hydrogen (secondary N) is 1. The minimum absolute atomic E-state index is 0.124. The number of hydrogen-bond acceptors (Lipinski definition) is 3. The van der Waals surface area contributed by atoms with E-state index in [-0.39, 0.29) is 5.82 Å². The number of halogens is 1. The van der Waals surface area contributed by atoms with E-state index in [1.54, 1.807) is 12.1 Å². The summed E-state index contributed by atoms with van der Waals surface area (Å²) in [6.07, 6.45) is 2.45. The molecule has 0 spiro atoms. The molecule has 3 nitrogen and oxygen atoms in total. The first-order valence-electron chi connectivity index (χ1n) is 7.91. The highest BCUT2D eigenvalue weighted by Gasteiger charge is 2.24. The van der Waals surface area contributed by atoms with Gasteiger partial charge in [-0.1, -0.05) is 26.0 Å². The van der Waals surface area contributed by atoms with Gasteiger partial charge >= 0.3 is 0 Å². The van der Waals surface area contributed by atoms with Gasteiger partial charge in [-0.25, -0.2) is 4.39 Å². The van der Waals surface area contributed by atoms with Gasteiger partial charge in [0.2, 0.25) is 0 Å². The first kappa shape index (κ1) is 16.2. The zero-order chi connectivity index (χ0) is 15.4. The van der Waals surface area contributed by atoms with Gasteiger partial charge in [0, 0.05) is 32.2 Å². The second-order valence-electron chi connectivity index (χ2n) is 6.44. The van der Waals surface area contributed by atoms with Crippen LogP contribution in [0.5, 0.6) is 0 Å². The Labute approximate surface area is 128 Å². The second kappa shape index (κ2) is 7.23. The van der Waals surface area contributed by atoms with Crippen molar-refractivity contribution in [3.05, 3.63) is 29.6 Å². The summed E-state index contributed by atoms with van der Waals surface area (Å²) in [5.41, 5.74) is 1.78. The predicted molar refractivity (Wildman–Crippen MR) is 87.3 cm³/mol. The highest BCUT2D eigenvalue weighted by molar-refractivity contribution is 5.54. The Morgan fingerprint density at radius 3 is 2.81 bits per heavy atom. The van der Waals surface area contributed by atoms with E-state index in [1.165, 1.54) is 12.8 Å². The summed E-state index contributed by atoms with van der Waals surface area (Å²) in [5, 5.41) is 3.38. The SMILES string of the molecule is CC(C)NCc1cccc(F)c1N(C)CC1CCCN1C. The van der Waals surface area contributed by atoms with E-state index in [2.05, 4.69) is 36.0 Å². The number of anilines is 1. The molecular formula is C17H28FN3. The van der Waals surface area contributed by atoms with Gasteiger partial charge in [0.1, 0.15) is 5.82 Å². The molecule has 0 saturated carbocycles. The molecule has 1 atom stereocenters. The van der Waals surface area contributed by atoms with Crippen LogP contribution in [0, 0.1) is 5.82 Å². The fourth-order valence-corrected chi connectivity index (χ4v) is 3.06. The summed E-state index contributed by atoms with van der Waals surface area (Å²) in [5.74, 6) is -0.124. The number of para-hydroxylation sites is 1. The van der Waals surface area contributed by atoms with Crippen LogP contribution >= 0.6 is 0 Å². The lowest BCUT2D eigenvalue weighted by molar-refractivity contribution is 0.313. The van der Waals surface area contributed by atoms with Gasteiger partial charge in [-0.05, 0) is 38.1 Å². The number of nitrogens with zero attached hydrogens (tertiary/aromatic N) is 2. The maximum atomic E-state index is 14.3. The molecule has 0 amide bonds. The molecule has 0 radical (unpaired) electrons. The zero-order valence-corrected chi connectivity index (χ0v) is 13.7. The van der Waals surface area contributed by atoms with Crippen molar-refractivity contribution in [3.63, 3.8) is 0 Å². The van der Waals surface area contributed by atoms with Crippen molar-refractivity contribution in [2.24, 2.45) is 0 Å². The molecule has 1 heterocycles. The average molecular weight is 293 g/mol. The van der Waals surface area contributed by atoms with Crippen molar-refractivity contribution in [2.75, 3.05) is 32.1 Å². The van der Waals surface area contributed by atoms with Crippen molar-refractivity contribution in [1.29, 1.82) is 0 Å². The van der Waals surface area contributed by atoms with E-state index in [9.17, 15) is 4.39 Å². The van der Waals surface area contributed by atoms with Crippen LogP contribution in [0.25, 0.3) is 0 Å². The van der Waals surface area contributed by atoms with Crippen molar-refractivity contribution in [1.82, 2.24) is 10.2 Å². The molecule has 0 aromatic heterocycles. The maximum Gasteiger partial charge on any atom is 0.146 e. The summed E-state index contributed by atoms with van der Waals surface area (Å²) in [6.45, 7) is 6.95. The van der Waals surface area contributed by atoms with Crippen LogP contribution in [0.2, 0.25) is 0 Å². The average Bonchev–Trinajstić information content (AvgIpc) is 2.81. The summed E-state index contributed by atoms with van der Waals surface area (Å²) < 4.78 is 14.3. The van der Waals surface area contributed by atoms with Gasteiger partial charge in [-0.3, -0.25) is 0 Å². The Hall–Kier alpha value is -1.13. The standard InChI is InChI=1S/C17H28FN3/c1-13(2)19-11-14-7-5-9-16(18)17(14)21(4)12-15-8-6-10-20(15)3/h5,7,9,13,15,19H,6,8,10-12H2,1-4H3. The van der Waals surface area contributed by atoms with Gasteiger partial charge in [-0.2, -0.15) is 0 Å². The monoisotopic (exact) mass is 293 g/mol. The van der Waals surface area contributed by atoms with Gasteiger partial charge in [0.25, 0.3) is 0 Å². The van der Waals surface area contributed by atoms with Crippen LogP contribution in [0.1, 0.15) is 32.3 Å². The van der Waals surface area contributed by atoms with Crippen LogP contribution in [-0.2, 0) is 6.54 Å². The highest BCUT2D eigenvalue weighted by atomic mass is 19.1. The lowest BCUT2D eigenvalue weighted by Gasteiger charge is -2.29. The van der Waals surface area contributed by atoms with Crippen molar-refractivity contribution in [2.45, 2.75) is 45.3 Å². The first-order chi connectivity index (χ1) is 9.99. The summed E-state index contributed by atoms with van der Waals surface area (Å²) in [4.78, 5) is 4.46.